The summed E-state index contributed by atoms with van der Waals surface area (Å²) in [5.74, 6) is -0.706. The van der Waals surface area contributed by atoms with Crippen molar-refractivity contribution in [1.82, 2.24) is 4.90 Å². The molecule has 2 fully saturated rings. The Morgan fingerprint density at radius 1 is 0.921 bits per heavy atom. The number of likely N-dealkylation sites (N-methyl/N-ethyl adjacent to an activating group) is 1. The van der Waals surface area contributed by atoms with Crippen molar-refractivity contribution in [3.8, 4) is 5.75 Å². The zero-order valence-corrected chi connectivity index (χ0v) is 21.7. The van der Waals surface area contributed by atoms with Crippen molar-refractivity contribution in [2.45, 2.75) is 19.4 Å². The van der Waals surface area contributed by atoms with E-state index in [1.165, 1.54) is 4.90 Å². The second kappa shape index (κ2) is 9.65. The highest BCUT2D eigenvalue weighted by molar-refractivity contribution is 6.51. The molecule has 7 heteroatoms. The summed E-state index contributed by atoms with van der Waals surface area (Å²) < 4.78 is 5.60. The molecule has 0 spiro atoms. The number of piperazine rings is 1. The van der Waals surface area contributed by atoms with Crippen LogP contribution < -0.4 is 14.5 Å². The van der Waals surface area contributed by atoms with E-state index in [-0.39, 0.29) is 11.3 Å². The van der Waals surface area contributed by atoms with Crippen LogP contribution in [0.3, 0.4) is 0 Å². The third-order valence-electron chi connectivity index (χ3n) is 7.76. The number of aryl methyl sites for hydroxylation is 1. The van der Waals surface area contributed by atoms with Gasteiger partial charge < -0.3 is 19.6 Å². The molecule has 0 aromatic heterocycles. The second-order valence-electron chi connectivity index (χ2n) is 10.3. The molecule has 0 bridgehead atoms. The van der Waals surface area contributed by atoms with Crippen LogP contribution in [0.2, 0.25) is 0 Å². The van der Waals surface area contributed by atoms with Gasteiger partial charge in [0.05, 0.1) is 18.2 Å². The molecule has 7 nitrogen and oxygen atoms in total. The lowest BCUT2D eigenvalue weighted by atomic mass is 9.93. The summed E-state index contributed by atoms with van der Waals surface area (Å²) in [5, 5.41) is 11.5. The molecule has 3 aliphatic rings. The number of aliphatic hydroxyl groups is 1. The molecule has 194 valence electrons. The minimum Gasteiger partial charge on any atom is -0.507 e. The molecule has 0 radical (unpaired) electrons. The average Bonchev–Trinajstić information content (AvgIpc) is 3.51. The highest BCUT2D eigenvalue weighted by atomic mass is 16.5. The van der Waals surface area contributed by atoms with Crippen LogP contribution in [0.1, 0.15) is 28.3 Å². The smallest absolute Gasteiger partial charge is 0.300 e. The Morgan fingerprint density at radius 2 is 1.66 bits per heavy atom. The van der Waals surface area contributed by atoms with E-state index in [0.29, 0.717) is 17.9 Å². The molecule has 3 aromatic carbocycles. The molecule has 1 amide bonds. The predicted octanol–water partition coefficient (Wildman–Crippen LogP) is 4.31. The van der Waals surface area contributed by atoms with Crippen LogP contribution in [-0.4, -0.2) is 61.5 Å². The van der Waals surface area contributed by atoms with E-state index in [9.17, 15) is 14.7 Å². The van der Waals surface area contributed by atoms with Crippen molar-refractivity contribution in [2.24, 2.45) is 0 Å². The summed E-state index contributed by atoms with van der Waals surface area (Å²) in [6, 6.07) is 20.2. The summed E-state index contributed by atoms with van der Waals surface area (Å²) in [5.41, 5.74) is 5.09. The van der Waals surface area contributed by atoms with Gasteiger partial charge in [0.15, 0.2) is 0 Å². The minimum atomic E-state index is -0.742. The third kappa shape index (κ3) is 4.23. The number of ketones is 1. The Kier molecular flexibility index (Phi) is 6.16. The molecular formula is C31H31N3O4. The first-order valence-corrected chi connectivity index (χ1v) is 13.1. The average molecular weight is 510 g/mol. The number of hydrogen-bond donors (Lipinski definition) is 1. The second-order valence-corrected chi connectivity index (χ2v) is 10.3. The standard InChI is InChI=1S/C31H31N3O4/c1-20-4-3-5-22(18-20)28-27(29(35)23-6-11-26-21(19-23)12-17-38-26)30(36)31(37)34(28)25-9-7-24(8-10-25)33-15-13-32(2)14-16-33/h3-11,18-19,28,35H,12-17H2,1-2H3/b29-27-. The van der Waals surface area contributed by atoms with E-state index in [0.717, 1.165) is 60.7 Å². The van der Waals surface area contributed by atoms with Crippen molar-refractivity contribution in [1.29, 1.82) is 0 Å². The summed E-state index contributed by atoms with van der Waals surface area (Å²) in [6.07, 6.45) is 0.742. The molecule has 1 unspecified atom stereocenters. The highest BCUT2D eigenvalue weighted by Crippen LogP contribution is 2.43. The van der Waals surface area contributed by atoms with E-state index in [2.05, 4.69) is 16.8 Å². The van der Waals surface area contributed by atoms with Crippen molar-refractivity contribution < 1.29 is 19.4 Å². The Hall–Kier alpha value is -4.10. The minimum absolute atomic E-state index is 0.0996. The van der Waals surface area contributed by atoms with Crippen LogP contribution in [-0.2, 0) is 16.0 Å². The fraction of sp³-hybridized carbons (Fsp3) is 0.290. The topological polar surface area (TPSA) is 73.3 Å². The van der Waals surface area contributed by atoms with Gasteiger partial charge in [0.1, 0.15) is 11.5 Å². The van der Waals surface area contributed by atoms with Gasteiger partial charge in [-0.15, -0.1) is 0 Å². The van der Waals surface area contributed by atoms with Gasteiger partial charge in [-0.3, -0.25) is 14.5 Å². The normalized spacial score (nSPS) is 21.1. The largest absolute Gasteiger partial charge is 0.507 e. The molecule has 3 aromatic rings. The Bertz CT molecular complexity index is 1440. The number of carbonyl (C=O) groups excluding carboxylic acids is 2. The van der Waals surface area contributed by atoms with Crippen LogP contribution in [0, 0.1) is 6.92 Å². The Balaban J connectivity index is 1.42. The SMILES string of the molecule is Cc1cccc(C2/C(=C(/O)c3ccc4c(c3)CCO4)C(=O)C(=O)N2c2ccc(N3CCN(C)CC3)cc2)c1. The number of benzene rings is 3. The molecule has 0 saturated carbocycles. The number of anilines is 2. The number of nitrogens with zero attached hydrogens (tertiary/aromatic N) is 3. The van der Waals surface area contributed by atoms with Crippen molar-refractivity contribution in [3.63, 3.8) is 0 Å². The summed E-state index contributed by atoms with van der Waals surface area (Å²) in [7, 11) is 2.12. The fourth-order valence-electron chi connectivity index (χ4n) is 5.63. The number of rotatable bonds is 4. The number of aliphatic hydroxyl groups excluding tert-OH is 1. The van der Waals surface area contributed by atoms with E-state index < -0.39 is 17.7 Å². The number of ether oxygens (including phenoxy) is 1. The van der Waals surface area contributed by atoms with Crippen molar-refractivity contribution in [2.75, 3.05) is 49.6 Å². The van der Waals surface area contributed by atoms with Crippen molar-refractivity contribution in [3.05, 3.63) is 94.6 Å². The number of carbonyl (C=O) groups is 2. The van der Waals surface area contributed by atoms with E-state index in [1.807, 2.05) is 67.6 Å². The molecule has 3 aliphatic heterocycles. The fourth-order valence-corrected chi connectivity index (χ4v) is 5.63. The predicted molar refractivity (Wildman–Crippen MR) is 148 cm³/mol. The summed E-state index contributed by atoms with van der Waals surface area (Å²) in [6.45, 7) is 6.44. The number of hydrogen-bond acceptors (Lipinski definition) is 6. The Labute approximate surface area is 222 Å². The van der Waals surface area contributed by atoms with Crippen LogP contribution >= 0.6 is 0 Å². The monoisotopic (exact) mass is 509 g/mol. The lowest BCUT2D eigenvalue weighted by Crippen LogP contribution is -2.44. The van der Waals surface area contributed by atoms with Gasteiger partial charge in [0.25, 0.3) is 11.7 Å². The van der Waals surface area contributed by atoms with Crippen LogP contribution in [0.4, 0.5) is 11.4 Å². The first kappa shape index (κ1) is 24.2. The molecule has 3 heterocycles. The lowest BCUT2D eigenvalue weighted by molar-refractivity contribution is -0.132. The van der Waals surface area contributed by atoms with E-state index in [1.54, 1.807) is 6.07 Å². The highest BCUT2D eigenvalue weighted by Gasteiger charge is 2.47. The molecule has 1 N–H and O–H groups in total. The number of amides is 1. The first-order chi connectivity index (χ1) is 18.4. The van der Waals surface area contributed by atoms with Crippen LogP contribution in [0.5, 0.6) is 5.75 Å². The maximum absolute atomic E-state index is 13.5. The maximum Gasteiger partial charge on any atom is 0.300 e. The van der Waals surface area contributed by atoms with Crippen LogP contribution in [0.15, 0.2) is 72.3 Å². The van der Waals surface area contributed by atoms with Gasteiger partial charge >= 0.3 is 0 Å². The van der Waals surface area contributed by atoms with Gasteiger partial charge in [0.2, 0.25) is 0 Å². The molecule has 0 aliphatic carbocycles. The molecule has 1 atom stereocenters. The lowest BCUT2D eigenvalue weighted by Gasteiger charge is -2.34. The zero-order chi connectivity index (χ0) is 26.4. The van der Waals surface area contributed by atoms with Gasteiger partial charge in [-0.05, 0) is 67.6 Å². The quantitative estimate of drug-likeness (QED) is 0.321. The molecule has 2 saturated heterocycles. The summed E-state index contributed by atoms with van der Waals surface area (Å²) >= 11 is 0. The Morgan fingerprint density at radius 3 is 2.39 bits per heavy atom. The molecule has 6 rings (SSSR count). The van der Waals surface area contributed by atoms with Gasteiger partial charge in [-0.1, -0.05) is 29.8 Å². The van der Waals surface area contributed by atoms with Gasteiger partial charge in [0, 0.05) is 49.5 Å². The molecule has 38 heavy (non-hydrogen) atoms. The van der Waals surface area contributed by atoms with Gasteiger partial charge in [-0.25, -0.2) is 0 Å². The maximum atomic E-state index is 13.5. The van der Waals surface area contributed by atoms with Gasteiger partial charge in [-0.2, -0.15) is 0 Å². The number of Topliss-reactive ketones (excluding diaryl/α,β-unsaturated/α-hetero) is 1. The van der Waals surface area contributed by atoms with E-state index in [4.69, 9.17) is 4.74 Å². The molecular weight excluding hydrogens is 478 g/mol. The van der Waals surface area contributed by atoms with E-state index >= 15 is 0 Å². The van der Waals surface area contributed by atoms with Crippen molar-refractivity contribution >= 4 is 28.8 Å². The zero-order valence-electron chi connectivity index (χ0n) is 21.7. The first-order valence-electron chi connectivity index (χ1n) is 13.1. The van der Waals surface area contributed by atoms with Crippen LogP contribution in [0.25, 0.3) is 5.76 Å². The summed E-state index contributed by atoms with van der Waals surface area (Å²) in [4.78, 5) is 33.2. The third-order valence-corrected chi connectivity index (χ3v) is 7.76. The number of fused-ring (bicyclic) bond motifs is 1.